The summed E-state index contributed by atoms with van der Waals surface area (Å²) in [5, 5.41) is 0. The fourth-order valence-corrected chi connectivity index (χ4v) is 1.16. The summed E-state index contributed by atoms with van der Waals surface area (Å²) in [4.78, 5) is 11.0. The molecule has 0 rings (SSSR count). The van der Waals surface area contributed by atoms with Crippen LogP contribution in [0, 0.1) is 5.92 Å². The van der Waals surface area contributed by atoms with Gasteiger partial charge in [-0.05, 0) is 5.92 Å². The van der Waals surface area contributed by atoms with Crippen LogP contribution in [0.2, 0.25) is 0 Å². The van der Waals surface area contributed by atoms with Gasteiger partial charge in [0.2, 0.25) is 10.0 Å². The van der Waals surface area contributed by atoms with Gasteiger partial charge in [0.1, 0.15) is 5.78 Å². The van der Waals surface area contributed by atoms with Crippen LogP contribution in [0.5, 0.6) is 0 Å². The molecule has 5 heteroatoms. The fraction of sp³-hybridized carbons (Fsp3) is 0.857. The largest absolute Gasteiger partial charge is 0.298 e. The third-order valence-electron chi connectivity index (χ3n) is 1.17. The number of hydrogen-bond donors (Lipinski definition) is 1. The van der Waals surface area contributed by atoms with Gasteiger partial charge in [0.15, 0.2) is 0 Å². The molecule has 0 fully saturated rings. The first-order chi connectivity index (χ1) is 5.31. The maximum atomic E-state index is 11.0. The van der Waals surface area contributed by atoms with Crippen molar-refractivity contribution in [2.45, 2.75) is 20.3 Å². The summed E-state index contributed by atoms with van der Waals surface area (Å²) >= 11 is 0. The summed E-state index contributed by atoms with van der Waals surface area (Å²) in [6.07, 6.45) is 1.46. The highest BCUT2D eigenvalue weighted by Crippen LogP contribution is 1.98. The zero-order valence-electron chi connectivity index (χ0n) is 7.62. The topological polar surface area (TPSA) is 63.2 Å². The van der Waals surface area contributed by atoms with Gasteiger partial charge in [0.25, 0.3) is 0 Å². The van der Waals surface area contributed by atoms with Gasteiger partial charge in [-0.3, -0.25) is 4.79 Å². The van der Waals surface area contributed by atoms with E-state index in [4.69, 9.17) is 0 Å². The molecule has 0 aliphatic heterocycles. The number of ketones is 1. The van der Waals surface area contributed by atoms with Crippen LogP contribution in [0.3, 0.4) is 0 Å². The molecule has 4 nitrogen and oxygen atoms in total. The normalized spacial score (nSPS) is 12.0. The standard InChI is InChI=1S/C7H15NO3S/c1-6(2)4-7(9)5-8-12(3,10)11/h6,8H,4-5H2,1-3H3. The molecule has 0 heterocycles. The van der Waals surface area contributed by atoms with Crippen molar-refractivity contribution < 1.29 is 13.2 Å². The minimum Gasteiger partial charge on any atom is -0.298 e. The zero-order chi connectivity index (χ0) is 9.78. The number of rotatable bonds is 5. The molecule has 0 saturated carbocycles. The minimum absolute atomic E-state index is 0.0737. The lowest BCUT2D eigenvalue weighted by Crippen LogP contribution is -2.28. The average molecular weight is 193 g/mol. The summed E-state index contributed by atoms with van der Waals surface area (Å²) in [6.45, 7) is 3.74. The number of sulfonamides is 1. The Morgan fingerprint density at radius 2 is 1.92 bits per heavy atom. The number of hydrogen-bond acceptors (Lipinski definition) is 3. The molecule has 0 spiro atoms. The third kappa shape index (κ3) is 7.68. The van der Waals surface area contributed by atoms with Crippen molar-refractivity contribution >= 4 is 15.8 Å². The van der Waals surface area contributed by atoms with E-state index in [-0.39, 0.29) is 18.2 Å². The summed E-state index contributed by atoms with van der Waals surface area (Å²) in [5.74, 6) is 0.203. The fourth-order valence-electron chi connectivity index (χ4n) is 0.739. The molecule has 0 aliphatic carbocycles. The molecule has 0 amide bonds. The van der Waals surface area contributed by atoms with Crippen LogP contribution in [-0.4, -0.2) is 27.0 Å². The van der Waals surface area contributed by atoms with Crippen LogP contribution in [0.25, 0.3) is 0 Å². The van der Waals surface area contributed by atoms with E-state index in [9.17, 15) is 13.2 Å². The lowest BCUT2D eigenvalue weighted by atomic mass is 10.1. The Bertz CT molecular complexity index is 243. The first kappa shape index (κ1) is 11.6. The van der Waals surface area contributed by atoms with E-state index in [2.05, 4.69) is 4.72 Å². The molecule has 0 aromatic carbocycles. The Morgan fingerprint density at radius 3 is 2.25 bits per heavy atom. The maximum absolute atomic E-state index is 11.0. The predicted molar refractivity (Wildman–Crippen MR) is 47.3 cm³/mol. The quantitative estimate of drug-likeness (QED) is 0.676. The van der Waals surface area contributed by atoms with E-state index in [0.717, 1.165) is 6.26 Å². The molecule has 0 aliphatic rings. The highest BCUT2D eigenvalue weighted by molar-refractivity contribution is 7.88. The molecule has 0 radical (unpaired) electrons. The Morgan fingerprint density at radius 1 is 1.42 bits per heavy atom. The highest BCUT2D eigenvalue weighted by atomic mass is 32.2. The highest BCUT2D eigenvalue weighted by Gasteiger charge is 2.07. The van der Waals surface area contributed by atoms with Gasteiger partial charge in [-0.2, -0.15) is 0 Å². The first-order valence-electron chi connectivity index (χ1n) is 3.77. The van der Waals surface area contributed by atoms with E-state index in [1.807, 2.05) is 13.8 Å². The van der Waals surface area contributed by atoms with Crippen molar-refractivity contribution in [3.63, 3.8) is 0 Å². The smallest absolute Gasteiger partial charge is 0.209 e. The molecular formula is C7H15NO3S. The molecule has 0 atom stereocenters. The average Bonchev–Trinajstić information content (AvgIpc) is 1.80. The summed E-state index contributed by atoms with van der Waals surface area (Å²) < 4.78 is 23.3. The summed E-state index contributed by atoms with van der Waals surface area (Å²) in [5.41, 5.74) is 0. The first-order valence-corrected chi connectivity index (χ1v) is 5.66. The summed E-state index contributed by atoms with van der Waals surface area (Å²) in [6, 6.07) is 0. The van der Waals surface area contributed by atoms with E-state index in [1.54, 1.807) is 0 Å². The Hall–Kier alpha value is -0.420. The Kier molecular flexibility index (Phi) is 4.41. The van der Waals surface area contributed by atoms with Crippen LogP contribution < -0.4 is 4.72 Å². The van der Waals surface area contributed by atoms with Gasteiger partial charge in [-0.15, -0.1) is 0 Å². The van der Waals surface area contributed by atoms with Crippen molar-refractivity contribution in [1.29, 1.82) is 0 Å². The van der Waals surface area contributed by atoms with Crippen LogP contribution in [-0.2, 0) is 14.8 Å². The van der Waals surface area contributed by atoms with Crippen molar-refractivity contribution in [2.75, 3.05) is 12.8 Å². The predicted octanol–water partition coefficient (Wildman–Crippen LogP) is 0.151. The lowest BCUT2D eigenvalue weighted by Gasteiger charge is -2.03. The molecule has 0 unspecified atom stereocenters. The second kappa shape index (κ2) is 4.57. The van der Waals surface area contributed by atoms with Crippen LogP contribution in [0.15, 0.2) is 0 Å². The molecule has 0 aromatic heterocycles. The molecule has 0 bridgehead atoms. The van der Waals surface area contributed by atoms with E-state index >= 15 is 0 Å². The molecule has 72 valence electrons. The molecular weight excluding hydrogens is 178 g/mol. The van der Waals surface area contributed by atoms with Crippen molar-refractivity contribution in [2.24, 2.45) is 5.92 Å². The van der Waals surface area contributed by atoms with E-state index in [1.165, 1.54) is 0 Å². The van der Waals surface area contributed by atoms with Gasteiger partial charge in [-0.1, -0.05) is 13.8 Å². The Balaban J connectivity index is 3.73. The number of carbonyl (C=O) groups is 1. The SMILES string of the molecule is CC(C)CC(=O)CNS(C)(=O)=O. The van der Waals surface area contributed by atoms with E-state index < -0.39 is 10.0 Å². The van der Waals surface area contributed by atoms with Crippen molar-refractivity contribution in [1.82, 2.24) is 4.72 Å². The third-order valence-corrected chi connectivity index (χ3v) is 1.84. The maximum Gasteiger partial charge on any atom is 0.209 e. The van der Waals surface area contributed by atoms with Gasteiger partial charge in [0, 0.05) is 6.42 Å². The number of carbonyl (C=O) groups excluding carboxylic acids is 1. The molecule has 0 aromatic rings. The number of nitrogens with one attached hydrogen (secondary N) is 1. The minimum atomic E-state index is -3.23. The van der Waals surface area contributed by atoms with Gasteiger partial charge < -0.3 is 0 Å². The van der Waals surface area contributed by atoms with Crippen molar-refractivity contribution in [3.05, 3.63) is 0 Å². The van der Waals surface area contributed by atoms with Crippen molar-refractivity contribution in [3.8, 4) is 0 Å². The van der Waals surface area contributed by atoms with Gasteiger partial charge in [0.05, 0.1) is 12.8 Å². The monoisotopic (exact) mass is 193 g/mol. The Labute approximate surface area is 73.4 Å². The van der Waals surface area contributed by atoms with Crippen LogP contribution >= 0.6 is 0 Å². The molecule has 1 N–H and O–H groups in total. The molecule has 0 saturated heterocycles. The van der Waals surface area contributed by atoms with E-state index in [0.29, 0.717) is 6.42 Å². The second-order valence-electron chi connectivity index (χ2n) is 3.23. The number of Topliss-reactive ketones (excluding diaryl/α,β-unsaturated/α-hetero) is 1. The zero-order valence-corrected chi connectivity index (χ0v) is 8.44. The second-order valence-corrected chi connectivity index (χ2v) is 5.06. The van der Waals surface area contributed by atoms with Crippen LogP contribution in [0.4, 0.5) is 0 Å². The summed E-state index contributed by atoms with van der Waals surface area (Å²) in [7, 11) is -3.23. The van der Waals surface area contributed by atoms with Gasteiger partial charge >= 0.3 is 0 Å². The van der Waals surface area contributed by atoms with Crippen LogP contribution in [0.1, 0.15) is 20.3 Å². The molecule has 12 heavy (non-hydrogen) atoms. The lowest BCUT2D eigenvalue weighted by molar-refractivity contribution is -0.118. The van der Waals surface area contributed by atoms with Gasteiger partial charge in [-0.25, -0.2) is 13.1 Å².